The molecule has 18 heavy (non-hydrogen) atoms. The first kappa shape index (κ1) is 12.7. The maximum absolute atomic E-state index is 12.1. The van der Waals surface area contributed by atoms with E-state index in [2.05, 4.69) is 28.7 Å². The lowest BCUT2D eigenvalue weighted by atomic mass is 9.95. The third kappa shape index (κ3) is 2.91. The van der Waals surface area contributed by atoms with Crippen LogP contribution in [0.3, 0.4) is 0 Å². The van der Waals surface area contributed by atoms with E-state index in [1.54, 1.807) is 0 Å². The van der Waals surface area contributed by atoms with Gasteiger partial charge < -0.3 is 10.6 Å². The minimum Gasteiger partial charge on any atom is -0.351 e. The summed E-state index contributed by atoms with van der Waals surface area (Å²) in [6.07, 6.45) is 6.54. The van der Waals surface area contributed by atoms with E-state index in [4.69, 9.17) is 6.42 Å². The fraction of sp³-hybridized carbons (Fsp3) is 0.400. The predicted molar refractivity (Wildman–Crippen MR) is 71.8 cm³/mol. The first-order valence-corrected chi connectivity index (χ1v) is 6.24. The molecule has 0 saturated heterocycles. The highest BCUT2D eigenvalue weighted by Gasteiger charge is 2.24. The summed E-state index contributed by atoms with van der Waals surface area (Å²) in [6.45, 7) is 2.67. The van der Waals surface area contributed by atoms with Crippen molar-refractivity contribution in [2.75, 3.05) is 0 Å². The SMILES string of the molecule is C#CCC(C)NC(=O)C1Cc2ccccc2CN1. The first-order chi connectivity index (χ1) is 8.70. The van der Waals surface area contributed by atoms with Gasteiger partial charge in [-0.3, -0.25) is 4.79 Å². The lowest BCUT2D eigenvalue weighted by Crippen LogP contribution is -2.49. The van der Waals surface area contributed by atoms with E-state index in [0.29, 0.717) is 6.42 Å². The molecule has 1 aromatic rings. The number of carbonyl (C=O) groups excluding carboxylic acids is 1. The van der Waals surface area contributed by atoms with Crippen molar-refractivity contribution in [1.29, 1.82) is 0 Å². The van der Waals surface area contributed by atoms with Crippen molar-refractivity contribution in [3.63, 3.8) is 0 Å². The highest BCUT2D eigenvalue weighted by atomic mass is 16.2. The van der Waals surface area contributed by atoms with E-state index < -0.39 is 0 Å². The van der Waals surface area contributed by atoms with Gasteiger partial charge in [-0.1, -0.05) is 24.3 Å². The van der Waals surface area contributed by atoms with Gasteiger partial charge >= 0.3 is 0 Å². The predicted octanol–water partition coefficient (Wildman–Crippen LogP) is 1.23. The van der Waals surface area contributed by atoms with Gasteiger partial charge in [-0.2, -0.15) is 0 Å². The van der Waals surface area contributed by atoms with Crippen molar-refractivity contribution in [2.24, 2.45) is 0 Å². The Kier molecular flexibility index (Phi) is 4.01. The molecule has 1 heterocycles. The van der Waals surface area contributed by atoms with E-state index in [9.17, 15) is 4.79 Å². The van der Waals surface area contributed by atoms with E-state index in [0.717, 1.165) is 13.0 Å². The van der Waals surface area contributed by atoms with Crippen LogP contribution in [0.4, 0.5) is 0 Å². The largest absolute Gasteiger partial charge is 0.351 e. The molecule has 2 unspecified atom stereocenters. The molecule has 2 rings (SSSR count). The van der Waals surface area contributed by atoms with Crippen molar-refractivity contribution in [3.05, 3.63) is 35.4 Å². The molecule has 0 spiro atoms. The van der Waals surface area contributed by atoms with Gasteiger partial charge in [0.25, 0.3) is 0 Å². The number of hydrogen-bond donors (Lipinski definition) is 2. The molecule has 0 radical (unpaired) electrons. The van der Waals surface area contributed by atoms with Gasteiger partial charge in [0, 0.05) is 19.0 Å². The molecule has 1 aliphatic heterocycles. The van der Waals surface area contributed by atoms with Crippen molar-refractivity contribution >= 4 is 5.91 Å². The van der Waals surface area contributed by atoms with Crippen LogP contribution in [0.15, 0.2) is 24.3 Å². The van der Waals surface area contributed by atoms with Crippen LogP contribution in [-0.4, -0.2) is 18.0 Å². The number of terminal acetylenes is 1. The Balaban J connectivity index is 1.97. The summed E-state index contributed by atoms with van der Waals surface area (Å²) in [5.41, 5.74) is 2.53. The number of fused-ring (bicyclic) bond motifs is 1. The Morgan fingerprint density at radius 1 is 1.56 bits per heavy atom. The molecule has 0 aliphatic carbocycles. The summed E-state index contributed by atoms with van der Waals surface area (Å²) in [6, 6.07) is 8.09. The van der Waals surface area contributed by atoms with Gasteiger partial charge in [-0.15, -0.1) is 12.3 Å². The lowest BCUT2D eigenvalue weighted by Gasteiger charge is -2.26. The molecule has 3 nitrogen and oxygen atoms in total. The Hall–Kier alpha value is -1.79. The second-order valence-corrected chi connectivity index (χ2v) is 4.72. The number of benzene rings is 1. The first-order valence-electron chi connectivity index (χ1n) is 6.24. The minimum atomic E-state index is -0.153. The van der Waals surface area contributed by atoms with Crippen LogP contribution in [-0.2, 0) is 17.8 Å². The maximum atomic E-state index is 12.1. The van der Waals surface area contributed by atoms with Crippen LogP contribution in [0.5, 0.6) is 0 Å². The number of nitrogens with one attached hydrogen (secondary N) is 2. The molecule has 0 saturated carbocycles. The molecule has 1 aliphatic rings. The van der Waals surface area contributed by atoms with Crippen molar-refractivity contribution < 1.29 is 4.79 Å². The molecule has 2 N–H and O–H groups in total. The van der Waals surface area contributed by atoms with Gasteiger partial charge in [0.15, 0.2) is 0 Å². The van der Waals surface area contributed by atoms with Crippen molar-refractivity contribution in [1.82, 2.24) is 10.6 Å². The molecular formula is C15H18N2O. The van der Waals surface area contributed by atoms with Gasteiger partial charge in [0.1, 0.15) is 0 Å². The van der Waals surface area contributed by atoms with Gasteiger partial charge in [0.2, 0.25) is 5.91 Å². The van der Waals surface area contributed by atoms with Crippen LogP contribution in [0.25, 0.3) is 0 Å². The maximum Gasteiger partial charge on any atom is 0.237 e. The summed E-state index contributed by atoms with van der Waals surface area (Å²) in [4.78, 5) is 12.1. The molecule has 0 bridgehead atoms. The highest BCUT2D eigenvalue weighted by Crippen LogP contribution is 2.16. The van der Waals surface area contributed by atoms with Crippen LogP contribution in [0, 0.1) is 12.3 Å². The number of carbonyl (C=O) groups is 1. The van der Waals surface area contributed by atoms with E-state index in [-0.39, 0.29) is 18.0 Å². The average molecular weight is 242 g/mol. The molecule has 3 heteroatoms. The topological polar surface area (TPSA) is 41.1 Å². The highest BCUT2D eigenvalue weighted by molar-refractivity contribution is 5.82. The molecule has 0 aromatic heterocycles. The molecule has 1 aromatic carbocycles. The molecule has 94 valence electrons. The van der Waals surface area contributed by atoms with E-state index >= 15 is 0 Å². The monoisotopic (exact) mass is 242 g/mol. The van der Waals surface area contributed by atoms with Gasteiger partial charge in [-0.05, 0) is 24.5 Å². The van der Waals surface area contributed by atoms with Crippen LogP contribution in [0.1, 0.15) is 24.5 Å². The van der Waals surface area contributed by atoms with Crippen LogP contribution >= 0.6 is 0 Å². The zero-order valence-electron chi connectivity index (χ0n) is 10.6. The third-order valence-corrected chi connectivity index (χ3v) is 3.21. The summed E-state index contributed by atoms with van der Waals surface area (Å²) < 4.78 is 0. The summed E-state index contributed by atoms with van der Waals surface area (Å²) in [7, 11) is 0. The Morgan fingerprint density at radius 3 is 3.00 bits per heavy atom. The summed E-state index contributed by atoms with van der Waals surface area (Å²) >= 11 is 0. The second-order valence-electron chi connectivity index (χ2n) is 4.72. The number of amides is 1. The zero-order valence-corrected chi connectivity index (χ0v) is 10.6. The normalized spacial score (nSPS) is 19.4. The van der Waals surface area contributed by atoms with Crippen LogP contribution < -0.4 is 10.6 Å². The number of hydrogen-bond acceptors (Lipinski definition) is 2. The smallest absolute Gasteiger partial charge is 0.237 e. The lowest BCUT2D eigenvalue weighted by molar-refractivity contribution is -0.123. The second kappa shape index (κ2) is 5.70. The van der Waals surface area contributed by atoms with Crippen molar-refractivity contribution in [3.8, 4) is 12.3 Å². The standard InChI is InChI=1S/C15H18N2O/c1-3-6-11(2)17-15(18)14-9-12-7-4-5-8-13(12)10-16-14/h1,4-5,7-8,11,14,16H,6,9-10H2,2H3,(H,17,18). The fourth-order valence-electron chi connectivity index (χ4n) is 2.21. The minimum absolute atomic E-state index is 0.0291. The molecular weight excluding hydrogens is 224 g/mol. The Bertz CT molecular complexity index is 476. The fourth-order valence-corrected chi connectivity index (χ4v) is 2.21. The number of rotatable bonds is 3. The van der Waals surface area contributed by atoms with E-state index in [1.807, 2.05) is 19.1 Å². The third-order valence-electron chi connectivity index (χ3n) is 3.21. The summed E-state index contributed by atoms with van der Waals surface area (Å²) in [5.74, 6) is 2.59. The Labute approximate surface area is 108 Å². The Morgan fingerprint density at radius 2 is 2.28 bits per heavy atom. The summed E-state index contributed by atoms with van der Waals surface area (Å²) in [5, 5.41) is 6.20. The van der Waals surface area contributed by atoms with Gasteiger partial charge in [-0.25, -0.2) is 0 Å². The van der Waals surface area contributed by atoms with E-state index in [1.165, 1.54) is 11.1 Å². The average Bonchev–Trinajstić information content (AvgIpc) is 2.38. The quantitative estimate of drug-likeness (QED) is 0.783. The van der Waals surface area contributed by atoms with Crippen molar-refractivity contribution in [2.45, 2.75) is 38.4 Å². The molecule has 2 atom stereocenters. The van der Waals surface area contributed by atoms with Crippen LogP contribution in [0.2, 0.25) is 0 Å². The van der Waals surface area contributed by atoms with Gasteiger partial charge in [0.05, 0.1) is 6.04 Å². The molecule has 0 fully saturated rings. The zero-order chi connectivity index (χ0) is 13.0. The molecule has 1 amide bonds.